The largest absolute Gasteiger partial charge is 0.324 e. The number of nitrogens with zero attached hydrogens (tertiary/aromatic N) is 2. The Kier molecular flexibility index (Phi) is 12.4. The Balaban J connectivity index is 0.000000151. The minimum atomic E-state index is -0.247. The van der Waals surface area contributed by atoms with Crippen LogP contribution in [0.1, 0.15) is 56.2 Å². The van der Waals surface area contributed by atoms with Crippen LogP contribution in [-0.4, -0.2) is 11.7 Å². The number of rotatable bonds is 5. The molecule has 0 amide bonds. The summed E-state index contributed by atoms with van der Waals surface area (Å²) in [6.45, 7) is 12.8. The third-order valence-electron chi connectivity index (χ3n) is 9.54. The summed E-state index contributed by atoms with van der Waals surface area (Å²) in [6, 6.07) is 60.9. The van der Waals surface area contributed by atoms with Crippen LogP contribution in [0.2, 0.25) is 0 Å². The molecule has 0 aliphatic carbocycles. The van der Waals surface area contributed by atoms with Gasteiger partial charge in [0.2, 0.25) is 0 Å². The zero-order chi connectivity index (χ0) is 37.9. The smallest absolute Gasteiger partial charge is 0.169 e. The molecule has 7 aromatic rings. The van der Waals surface area contributed by atoms with E-state index in [1.807, 2.05) is 36.4 Å². The van der Waals surface area contributed by atoms with Gasteiger partial charge in [0.25, 0.3) is 0 Å². The quantitative estimate of drug-likeness (QED) is 0.190. The van der Waals surface area contributed by atoms with Crippen molar-refractivity contribution in [3.05, 3.63) is 226 Å². The molecular weight excluding hydrogens is 655 g/mol. The van der Waals surface area contributed by atoms with Crippen LogP contribution in [0.25, 0.3) is 22.3 Å². The Labute approximate surface area is 321 Å². The number of aryl methyl sites for hydroxylation is 6. The fourth-order valence-corrected chi connectivity index (χ4v) is 6.73. The standard InChI is InChI=1S/C23H21N3.2C14H14/c1-16-13-17(2)15-20(14-16)23-25-21(18-9-5-3-6-10-18)24-22(26-23)19-11-7-4-8-12-19;2*1-11-7-3-5-9-13(11)14-10-6-4-8-12(14)2/h3-15,21H,1-2H3,(H,24,25,26);2*3-10H,1-2H3. The summed E-state index contributed by atoms with van der Waals surface area (Å²) in [4.78, 5) is 9.76. The van der Waals surface area contributed by atoms with E-state index >= 15 is 0 Å². The minimum absolute atomic E-state index is 0.247. The van der Waals surface area contributed by atoms with Crippen LogP contribution in [0.15, 0.2) is 186 Å². The number of amidine groups is 2. The Morgan fingerprint density at radius 2 is 0.685 bits per heavy atom. The Bertz CT molecular complexity index is 2180. The second-order valence-electron chi connectivity index (χ2n) is 13.9. The summed E-state index contributed by atoms with van der Waals surface area (Å²) in [5.41, 5.74) is 16.4. The molecule has 0 radical (unpaired) electrons. The summed E-state index contributed by atoms with van der Waals surface area (Å²) in [7, 11) is 0. The summed E-state index contributed by atoms with van der Waals surface area (Å²) in [5, 5.41) is 3.44. The third-order valence-corrected chi connectivity index (χ3v) is 9.54. The molecule has 268 valence electrons. The van der Waals surface area contributed by atoms with Crippen molar-refractivity contribution >= 4 is 11.7 Å². The molecule has 0 saturated heterocycles. The van der Waals surface area contributed by atoms with E-state index < -0.39 is 0 Å². The maximum atomic E-state index is 4.90. The number of hydrogen-bond donors (Lipinski definition) is 1. The van der Waals surface area contributed by atoms with E-state index in [0.717, 1.165) is 28.4 Å². The molecule has 0 fully saturated rings. The number of aliphatic imine (C=N–C) groups is 2. The van der Waals surface area contributed by atoms with Crippen molar-refractivity contribution in [1.82, 2.24) is 5.32 Å². The molecule has 1 aliphatic heterocycles. The van der Waals surface area contributed by atoms with Gasteiger partial charge in [0.05, 0.1) is 0 Å². The molecule has 3 heteroatoms. The van der Waals surface area contributed by atoms with E-state index in [9.17, 15) is 0 Å². The summed E-state index contributed by atoms with van der Waals surface area (Å²) in [5.74, 6) is 1.71. The first-order valence-corrected chi connectivity index (χ1v) is 18.6. The first kappa shape index (κ1) is 37.4. The lowest BCUT2D eigenvalue weighted by Crippen LogP contribution is -2.36. The summed E-state index contributed by atoms with van der Waals surface area (Å²) in [6.07, 6.45) is -0.247. The molecule has 1 heterocycles. The number of nitrogens with one attached hydrogen (secondary N) is 1. The maximum absolute atomic E-state index is 4.90. The van der Waals surface area contributed by atoms with E-state index in [0.29, 0.717) is 0 Å². The zero-order valence-corrected chi connectivity index (χ0v) is 32.2. The van der Waals surface area contributed by atoms with Gasteiger partial charge in [-0.15, -0.1) is 0 Å². The van der Waals surface area contributed by atoms with Crippen LogP contribution in [0.3, 0.4) is 0 Å². The van der Waals surface area contributed by atoms with Crippen LogP contribution in [0, 0.1) is 41.5 Å². The second kappa shape index (κ2) is 17.9. The van der Waals surface area contributed by atoms with E-state index in [4.69, 9.17) is 9.98 Å². The predicted octanol–water partition coefficient (Wildman–Crippen LogP) is 12.7. The van der Waals surface area contributed by atoms with E-state index in [1.165, 1.54) is 55.6 Å². The molecule has 1 atom stereocenters. The van der Waals surface area contributed by atoms with Crippen molar-refractivity contribution in [1.29, 1.82) is 0 Å². The number of hydrogen-bond acceptors (Lipinski definition) is 3. The van der Waals surface area contributed by atoms with Gasteiger partial charge >= 0.3 is 0 Å². The van der Waals surface area contributed by atoms with Gasteiger partial charge in [-0.25, -0.2) is 9.98 Å². The van der Waals surface area contributed by atoms with Crippen molar-refractivity contribution < 1.29 is 0 Å². The topological polar surface area (TPSA) is 36.8 Å². The highest BCUT2D eigenvalue weighted by atomic mass is 15.2. The van der Waals surface area contributed by atoms with Gasteiger partial charge in [0.15, 0.2) is 6.17 Å². The van der Waals surface area contributed by atoms with Gasteiger partial charge in [-0.2, -0.15) is 0 Å². The first-order valence-electron chi connectivity index (χ1n) is 18.6. The Morgan fingerprint density at radius 3 is 1.07 bits per heavy atom. The highest BCUT2D eigenvalue weighted by Crippen LogP contribution is 2.27. The lowest BCUT2D eigenvalue weighted by Gasteiger charge is -2.22. The van der Waals surface area contributed by atoms with Crippen LogP contribution < -0.4 is 5.32 Å². The summed E-state index contributed by atoms with van der Waals surface area (Å²) >= 11 is 0. The van der Waals surface area contributed by atoms with Crippen LogP contribution in [-0.2, 0) is 0 Å². The average Bonchev–Trinajstić information content (AvgIpc) is 3.20. The van der Waals surface area contributed by atoms with Gasteiger partial charge in [0, 0.05) is 11.1 Å². The van der Waals surface area contributed by atoms with Crippen LogP contribution in [0.5, 0.6) is 0 Å². The summed E-state index contributed by atoms with van der Waals surface area (Å²) < 4.78 is 0. The molecule has 1 N–H and O–H groups in total. The van der Waals surface area contributed by atoms with Crippen molar-refractivity contribution in [2.45, 2.75) is 47.7 Å². The van der Waals surface area contributed by atoms with Crippen molar-refractivity contribution in [2.24, 2.45) is 9.98 Å². The molecule has 8 rings (SSSR count). The van der Waals surface area contributed by atoms with E-state index in [1.54, 1.807) is 0 Å². The fraction of sp³-hybridized carbons (Fsp3) is 0.137. The molecular formula is C51H49N3. The molecule has 7 aromatic carbocycles. The fourth-order valence-electron chi connectivity index (χ4n) is 6.73. The molecule has 1 unspecified atom stereocenters. The van der Waals surface area contributed by atoms with Gasteiger partial charge in [0.1, 0.15) is 11.7 Å². The molecule has 1 aliphatic rings. The van der Waals surface area contributed by atoms with Gasteiger partial charge in [-0.1, -0.05) is 175 Å². The average molecular weight is 704 g/mol. The normalized spacial score (nSPS) is 13.2. The molecule has 54 heavy (non-hydrogen) atoms. The Morgan fingerprint density at radius 1 is 0.352 bits per heavy atom. The second-order valence-corrected chi connectivity index (χ2v) is 13.9. The zero-order valence-electron chi connectivity index (χ0n) is 32.2. The van der Waals surface area contributed by atoms with Crippen molar-refractivity contribution in [2.75, 3.05) is 0 Å². The Hall–Kier alpha value is -6.32. The monoisotopic (exact) mass is 703 g/mol. The maximum Gasteiger partial charge on any atom is 0.169 e. The lowest BCUT2D eigenvalue weighted by atomic mass is 9.97. The van der Waals surface area contributed by atoms with E-state index in [-0.39, 0.29) is 6.17 Å². The molecule has 0 aromatic heterocycles. The van der Waals surface area contributed by atoms with Crippen LogP contribution >= 0.6 is 0 Å². The van der Waals surface area contributed by atoms with Gasteiger partial charge < -0.3 is 5.32 Å². The van der Waals surface area contributed by atoms with E-state index in [2.05, 4.69) is 186 Å². The highest BCUT2D eigenvalue weighted by molar-refractivity contribution is 6.16. The molecule has 0 bridgehead atoms. The molecule has 3 nitrogen and oxygen atoms in total. The third kappa shape index (κ3) is 9.56. The SMILES string of the molecule is Cc1cc(C)cc(C2=NC(c3ccccc3)N=C(c3ccccc3)N2)c1.Cc1ccccc1-c1ccccc1C.Cc1ccccc1-c1ccccc1C. The van der Waals surface area contributed by atoms with Crippen molar-refractivity contribution in [3.63, 3.8) is 0 Å². The lowest BCUT2D eigenvalue weighted by molar-refractivity contribution is 0.756. The molecule has 0 saturated carbocycles. The van der Waals surface area contributed by atoms with Gasteiger partial charge in [-0.3, -0.25) is 0 Å². The van der Waals surface area contributed by atoms with Crippen molar-refractivity contribution in [3.8, 4) is 22.3 Å². The highest BCUT2D eigenvalue weighted by Gasteiger charge is 2.20. The predicted molar refractivity (Wildman–Crippen MR) is 230 cm³/mol. The van der Waals surface area contributed by atoms with Gasteiger partial charge in [-0.05, 0) is 104 Å². The first-order chi connectivity index (χ1) is 26.3. The van der Waals surface area contributed by atoms with Crippen LogP contribution in [0.4, 0.5) is 0 Å². The molecule has 0 spiro atoms. The minimum Gasteiger partial charge on any atom is -0.324 e. The number of benzene rings is 7.